The number of alkyl halides is 2. The third-order valence-electron chi connectivity index (χ3n) is 6.97. The third kappa shape index (κ3) is 7.55. The smallest absolute Gasteiger partial charge is 0.387 e. The van der Waals surface area contributed by atoms with Crippen LogP contribution in [0.2, 0.25) is 10.0 Å². The van der Waals surface area contributed by atoms with Crippen molar-refractivity contribution in [3.8, 4) is 17.6 Å². The van der Waals surface area contributed by atoms with Crippen LogP contribution in [0.25, 0.3) is 0 Å². The van der Waals surface area contributed by atoms with Gasteiger partial charge in [0.05, 0.1) is 33.2 Å². The SMILES string of the molecule is N#Cc1ccc(S(=O)(=O)N2CCS[C@H]2C(=O)OC(Cc2c(Cl)cncc2Cl)c2ccc(OC(F)F)c(OCC3CC3)c2)cc1. The maximum Gasteiger partial charge on any atom is 0.387 e. The van der Waals surface area contributed by atoms with Crippen LogP contribution < -0.4 is 9.47 Å². The number of hydrogen-bond donors (Lipinski definition) is 0. The van der Waals surface area contributed by atoms with Crippen molar-refractivity contribution in [1.82, 2.24) is 9.29 Å². The van der Waals surface area contributed by atoms with E-state index in [0.29, 0.717) is 29.4 Å². The summed E-state index contributed by atoms with van der Waals surface area (Å²) in [6.45, 7) is -2.73. The van der Waals surface area contributed by atoms with Gasteiger partial charge in [0.2, 0.25) is 10.0 Å². The zero-order valence-corrected chi connectivity index (χ0v) is 26.0. The number of sulfonamides is 1. The van der Waals surface area contributed by atoms with E-state index in [0.717, 1.165) is 28.9 Å². The fraction of sp³-hybridized carbons (Fsp3) is 0.345. The molecular weight excluding hydrogens is 659 g/mol. The minimum Gasteiger partial charge on any atom is -0.489 e. The molecule has 0 N–H and O–H groups in total. The summed E-state index contributed by atoms with van der Waals surface area (Å²) in [6.07, 6.45) is 3.57. The number of carbonyl (C=O) groups is 1. The molecule has 1 saturated heterocycles. The molecular formula is C29H25Cl2F2N3O6S2. The van der Waals surface area contributed by atoms with Crippen LogP contribution in [0.5, 0.6) is 11.5 Å². The first-order valence-corrected chi connectivity index (χ1v) is 16.6. The topological polar surface area (TPSA) is 119 Å². The van der Waals surface area contributed by atoms with Gasteiger partial charge in [-0.15, -0.1) is 11.8 Å². The van der Waals surface area contributed by atoms with Crippen LogP contribution in [0.4, 0.5) is 8.78 Å². The van der Waals surface area contributed by atoms with Crippen molar-refractivity contribution < 1.29 is 36.2 Å². The van der Waals surface area contributed by atoms with Gasteiger partial charge < -0.3 is 14.2 Å². The molecule has 2 aliphatic rings. The Morgan fingerprint density at radius 1 is 1.11 bits per heavy atom. The predicted molar refractivity (Wildman–Crippen MR) is 159 cm³/mol. The van der Waals surface area contributed by atoms with Crippen molar-refractivity contribution in [3.63, 3.8) is 0 Å². The van der Waals surface area contributed by atoms with E-state index >= 15 is 0 Å². The molecule has 9 nitrogen and oxygen atoms in total. The number of carbonyl (C=O) groups excluding carboxylic acids is 1. The Morgan fingerprint density at radius 3 is 2.45 bits per heavy atom. The Bertz CT molecular complexity index is 1650. The summed E-state index contributed by atoms with van der Waals surface area (Å²) in [6, 6.07) is 11.5. The van der Waals surface area contributed by atoms with Gasteiger partial charge in [0, 0.05) is 31.1 Å². The molecule has 2 aromatic carbocycles. The number of benzene rings is 2. The number of hydrogen-bond acceptors (Lipinski definition) is 9. The molecule has 1 unspecified atom stereocenters. The minimum atomic E-state index is -4.12. The van der Waals surface area contributed by atoms with Crippen LogP contribution in [0.15, 0.2) is 59.8 Å². The van der Waals surface area contributed by atoms with Crippen molar-refractivity contribution in [3.05, 3.63) is 81.6 Å². The van der Waals surface area contributed by atoms with Gasteiger partial charge in [-0.2, -0.15) is 18.3 Å². The van der Waals surface area contributed by atoms with Crippen LogP contribution in [0, 0.1) is 17.2 Å². The number of esters is 1. The number of pyridine rings is 1. The zero-order chi connectivity index (χ0) is 31.4. The van der Waals surface area contributed by atoms with E-state index in [1.54, 1.807) is 0 Å². The highest BCUT2D eigenvalue weighted by atomic mass is 35.5. The molecule has 1 saturated carbocycles. The second kappa shape index (κ2) is 13.9. The fourth-order valence-electron chi connectivity index (χ4n) is 4.49. The number of nitrogens with zero attached hydrogens (tertiary/aromatic N) is 3. The molecule has 1 aliphatic heterocycles. The molecule has 2 heterocycles. The first-order valence-electron chi connectivity index (χ1n) is 13.4. The number of nitriles is 1. The maximum absolute atomic E-state index is 13.7. The summed E-state index contributed by atoms with van der Waals surface area (Å²) in [4.78, 5) is 17.6. The Morgan fingerprint density at radius 2 is 1.82 bits per heavy atom. The highest BCUT2D eigenvalue weighted by molar-refractivity contribution is 8.02. The van der Waals surface area contributed by atoms with Crippen molar-refractivity contribution >= 4 is 51.0 Å². The van der Waals surface area contributed by atoms with Crippen LogP contribution in [-0.4, -0.2) is 54.6 Å². The summed E-state index contributed by atoms with van der Waals surface area (Å²) in [7, 11) is -4.12. The standard InChI is InChI=1S/C29H25Cl2F2N3O6S2/c30-22-14-35-15-23(31)21(22)12-25(19-5-8-24(42-29(32)33)26(11-19)40-16-18-1-2-18)41-28(37)27-36(9-10-43-27)44(38,39)20-6-3-17(13-34)4-7-20/h3-8,11,14-15,18,25,27,29H,1-2,9-10,12,16H2/t25?,27-/m0/s1. The quantitative estimate of drug-likeness (QED) is 0.204. The lowest BCUT2D eigenvalue weighted by Gasteiger charge is -2.26. The summed E-state index contributed by atoms with van der Waals surface area (Å²) in [5.41, 5.74) is 1.06. The highest BCUT2D eigenvalue weighted by Crippen LogP contribution is 2.39. The van der Waals surface area contributed by atoms with Gasteiger partial charge in [-0.25, -0.2) is 13.2 Å². The Labute approximate surface area is 267 Å². The molecule has 5 rings (SSSR count). The van der Waals surface area contributed by atoms with Crippen LogP contribution >= 0.6 is 35.0 Å². The molecule has 2 atom stereocenters. The van der Waals surface area contributed by atoms with E-state index in [-0.39, 0.29) is 45.0 Å². The lowest BCUT2D eigenvalue weighted by atomic mass is 10.0. The molecule has 0 amide bonds. The summed E-state index contributed by atoms with van der Waals surface area (Å²) >= 11 is 13.8. The van der Waals surface area contributed by atoms with Gasteiger partial charge in [-0.3, -0.25) is 4.98 Å². The molecule has 0 spiro atoms. The summed E-state index contributed by atoms with van der Waals surface area (Å²) in [5.74, 6) is -0.335. The van der Waals surface area contributed by atoms with E-state index in [4.69, 9.17) is 37.9 Å². The van der Waals surface area contributed by atoms with Gasteiger partial charge in [0.15, 0.2) is 16.9 Å². The zero-order valence-electron chi connectivity index (χ0n) is 22.9. The Kier molecular flexibility index (Phi) is 10.2. The van der Waals surface area contributed by atoms with E-state index in [1.165, 1.54) is 54.9 Å². The van der Waals surface area contributed by atoms with Crippen molar-refractivity contribution in [2.75, 3.05) is 18.9 Å². The van der Waals surface area contributed by atoms with E-state index in [2.05, 4.69) is 9.72 Å². The third-order valence-corrected chi connectivity index (χ3v) is 10.8. The van der Waals surface area contributed by atoms with Crippen LogP contribution in [-0.2, 0) is 26.0 Å². The molecule has 2 fully saturated rings. The Balaban J connectivity index is 1.45. The lowest BCUT2D eigenvalue weighted by Crippen LogP contribution is -2.40. The Hall–Kier alpha value is -3.15. The fourth-order valence-corrected chi connectivity index (χ4v) is 8.06. The van der Waals surface area contributed by atoms with Crippen LogP contribution in [0.1, 0.15) is 35.6 Å². The van der Waals surface area contributed by atoms with Gasteiger partial charge in [-0.1, -0.05) is 29.3 Å². The molecule has 3 aromatic rings. The van der Waals surface area contributed by atoms with Crippen LogP contribution in [0.3, 0.4) is 0 Å². The van der Waals surface area contributed by atoms with Gasteiger partial charge >= 0.3 is 12.6 Å². The van der Waals surface area contributed by atoms with Crippen molar-refractivity contribution in [2.24, 2.45) is 5.92 Å². The average molecular weight is 685 g/mol. The number of aromatic nitrogens is 1. The van der Waals surface area contributed by atoms with Crippen molar-refractivity contribution in [2.45, 2.75) is 42.2 Å². The molecule has 1 aromatic heterocycles. The second-order valence-electron chi connectivity index (χ2n) is 10.0. The lowest BCUT2D eigenvalue weighted by molar-refractivity contribution is -0.150. The van der Waals surface area contributed by atoms with Gasteiger partial charge in [-0.05, 0) is 66.3 Å². The summed E-state index contributed by atoms with van der Waals surface area (Å²) < 4.78 is 70.7. The minimum absolute atomic E-state index is 0.0389. The van der Waals surface area contributed by atoms with E-state index in [1.807, 2.05) is 6.07 Å². The monoisotopic (exact) mass is 683 g/mol. The number of halogens is 4. The van der Waals surface area contributed by atoms with Crippen molar-refractivity contribution in [1.29, 1.82) is 5.26 Å². The van der Waals surface area contributed by atoms with Gasteiger partial charge in [0.25, 0.3) is 0 Å². The van der Waals surface area contributed by atoms with E-state index < -0.39 is 34.1 Å². The van der Waals surface area contributed by atoms with Gasteiger partial charge in [0.1, 0.15) is 6.10 Å². The molecule has 0 radical (unpaired) electrons. The number of rotatable bonds is 12. The molecule has 232 valence electrons. The first-order chi connectivity index (χ1) is 21.1. The maximum atomic E-state index is 13.7. The average Bonchev–Trinajstić information content (AvgIpc) is 3.69. The molecule has 15 heteroatoms. The first kappa shape index (κ1) is 32.2. The largest absolute Gasteiger partial charge is 0.489 e. The molecule has 0 bridgehead atoms. The van der Waals surface area contributed by atoms with E-state index in [9.17, 15) is 22.0 Å². The second-order valence-corrected chi connectivity index (χ2v) is 13.9. The molecule has 44 heavy (non-hydrogen) atoms. The predicted octanol–water partition coefficient (Wildman–Crippen LogP) is 6.24. The number of thioether (sulfide) groups is 1. The number of ether oxygens (including phenoxy) is 3. The normalized spacial score (nSPS) is 17.7. The summed E-state index contributed by atoms with van der Waals surface area (Å²) in [5, 5.41) is 8.27. The molecule has 1 aliphatic carbocycles. The highest BCUT2D eigenvalue weighted by Gasteiger charge is 2.42.